The van der Waals surface area contributed by atoms with Crippen LogP contribution in [0.4, 0.5) is 4.39 Å². The van der Waals surface area contributed by atoms with Crippen LogP contribution >= 0.6 is 0 Å². The van der Waals surface area contributed by atoms with Gasteiger partial charge in [0.05, 0.1) is 0 Å². The molecule has 1 N–H and O–H groups in total. The number of aromatic nitrogens is 1. The second-order valence-corrected chi connectivity index (χ2v) is 8.19. The lowest BCUT2D eigenvalue weighted by molar-refractivity contribution is 0.170. The quantitative estimate of drug-likeness (QED) is 0.410. The van der Waals surface area contributed by atoms with Crippen LogP contribution in [-0.2, 0) is 13.0 Å². The molecule has 1 aromatic heterocycles. The van der Waals surface area contributed by atoms with Crippen LogP contribution in [0.15, 0.2) is 91.3 Å². The highest BCUT2D eigenvalue weighted by Gasteiger charge is 2.20. The lowest BCUT2D eigenvalue weighted by Gasteiger charge is -2.27. The van der Waals surface area contributed by atoms with Crippen molar-refractivity contribution in [3.63, 3.8) is 0 Å². The Labute approximate surface area is 187 Å². The number of ether oxygens (including phenoxy) is 1. The molecule has 0 fully saturated rings. The summed E-state index contributed by atoms with van der Waals surface area (Å²) in [6.07, 6.45) is 5.83. The third-order valence-electron chi connectivity index (χ3n) is 5.87. The van der Waals surface area contributed by atoms with E-state index in [0.29, 0.717) is 6.54 Å². The van der Waals surface area contributed by atoms with Crippen LogP contribution in [0.1, 0.15) is 17.5 Å². The number of pyridine rings is 1. The third-order valence-corrected chi connectivity index (χ3v) is 5.87. The molecule has 1 aliphatic rings. The van der Waals surface area contributed by atoms with Gasteiger partial charge in [-0.3, -0.25) is 4.98 Å². The average Bonchev–Trinajstić information content (AvgIpc) is 2.85. The van der Waals surface area contributed by atoms with Gasteiger partial charge < -0.3 is 10.1 Å². The summed E-state index contributed by atoms with van der Waals surface area (Å²) in [6.45, 7) is 1.49. The van der Waals surface area contributed by atoms with Crippen molar-refractivity contribution in [1.29, 1.82) is 0 Å². The van der Waals surface area contributed by atoms with Gasteiger partial charge in [-0.1, -0.05) is 48.5 Å². The highest BCUT2D eigenvalue weighted by Crippen LogP contribution is 2.32. The summed E-state index contributed by atoms with van der Waals surface area (Å²) in [5, 5.41) is 3.50. The van der Waals surface area contributed by atoms with Gasteiger partial charge in [0.2, 0.25) is 0 Å². The van der Waals surface area contributed by atoms with Gasteiger partial charge in [-0.15, -0.1) is 0 Å². The number of aryl methyl sites for hydroxylation is 1. The molecule has 0 saturated carbocycles. The van der Waals surface area contributed by atoms with E-state index in [2.05, 4.69) is 58.8 Å². The Balaban J connectivity index is 1.18. The van der Waals surface area contributed by atoms with Crippen molar-refractivity contribution in [2.45, 2.75) is 25.5 Å². The van der Waals surface area contributed by atoms with Crippen molar-refractivity contribution in [2.75, 3.05) is 6.54 Å². The molecule has 3 aromatic carbocycles. The summed E-state index contributed by atoms with van der Waals surface area (Å²) in [5.74, 6) is 0.757. The van der Waals surface area contributed by atoms with Crippen LogP contribution in [0.2, 0.25) is 0 Å². The smallest absolute Gasteiger partial charge is 0.123 e. The normalized spacial score (nSPS) is 15.1. The van der Waals surface area contributed by atoms with Crippen molar-refractivity contribution >= 4 is 0 Å². The minimum atomic E-state index is -0.232. The standard InChI is InChI=1S/C28H25FN2O/c29-26-10-6-22(7-11-26)25-14-20(16-30-18-25)17-31-19-27-12-8-24-15-23(9-13-28(24)32-27)21-4-2-1-3-5-21/h1-7,9-11,13-16,18,27,31H,8,12,17,19H2. The van der Waals surface area contributed by atoms with Gasteiger partial charge in [0.25, 0.3) is 0 Å². The SMILES string of the molecule is Fc1ccc(-c2cncc(CNCC3CCc4cc(-c5ccccc5)ccc4O3)c2)cc1. The van der Waals surface area contributed by atoms with Crippen molar-refractivity contribution in [3.8, 4) is 28.0 Å². The van der Waals surface area contributed by atoms with E-state index in [1.807, 2.05) is 18.5 Å². The van der Waals surface area contributed by atoms with Crippen LogP contribution in [0, 0.1) is 5.82 Å². The van der Waals surface area contributed by atoms with Crippen LogP contribution in [0.3, 0.4) is 0 Å². The number of nitrogens with zero attached hydrogens (tertiary/aromatic N) is 1. The van der Waals surface area contributed by atoms with Crippen molar-refractivity contribution in [1.82, 2.24) is 10.3 Å². The van der Waals surface area contributed by atoms with Crippen LogP contribution < -0.4 is 10.1 Å². The van der Waals surface area contributed by atoms with Crippen molar-refractivity contribution in [3.05, 3.63) is 108 Å². The Morgan fingerprint density at radius 1 is 0.844 bits per heavy atom. The van der Waals surface area contributed by atoms with Gasteiger partial charge >= 0.3 is 0 Å². The van der Waals surface area contributed by atoms with E-state index in [0.717, 1.165) is 41.8 Å². The molecule has 0 bridgehead atoms. The fraction of sp³-hybridized carbons (Fsp3) is 0.179. The van der Waals surface area contributed by atoms with Crippen molar-refractivity contribution < 1.29 is 9.13 Å². The summed E-state index contributed by atoms with van der Waals surface area (Å²) >= 11 is 0. The Hall–Kier alpha value is -3.50. The first-order valence-electron chi connectivity index (χ1n) is 11.0. The second-order valence-electron chi connectivity index (χ2n) is 8.19. The Kier molecular flexibility index (Phi) is 5.95. The summed E-state index contributed by atoms with van der Waals surface area (Å²) in [7, 11) is 0. The second kappa shape index (κ2) is 9.33. The van der Waals surface area contributed by atoms with E-state index in [9.17, 15) is 4.39 Å². The first-order chi connectivity index (χ1) is 15.7. The predicted octanol–water partition coefficient (Wildman–Crippen LogP) is 6.04. The number of hydrogen-bond acceptors (Lipinski definition) is 3. The predicted molar refractivity (Wildman–Crippen MR) is 126 cm³/mol. The summed E-state index contributed by atoms with van der Waals surface area (Å²) in [5.41, 5.74) is 6.78. The topological polar surface area (TPSA) is 34.2 Å². The minimum absolute atomic E-state index is 0.151. The fourth-order valence-corrected chi connectivity index (χ4v) is 4.16. The van der Waals surface area contributed by atoms with Gasteiger partial charge in [0.15, 0.2) is 0 Å². The molecule has 5 rings (SSSR count). The highest BCUT2D eigenvalue weighted by atomic mass is 19.1. The number of nitrogens with one attached hydrogen (secondary N) is 1. The zero-order valence-corrected chi connectivity index (χ0v) is 17.8. The largest absolute Gasteiger partial charge is 0.489 e. The Bertz CT molecular complexity index is 1190. The Morgan fingerprint density at radius 2 is 1.62 bits per heavy atom. The van der Waals surface area contributed by atoms with E-state index < -0.39 is 0 Å². The maximum absolute atomic E-state index is 13.2. The molecular weight excluding hydrogens is 399 g/mol. The fourth-order valence-electron chi connectivity index (χ4n) is 4.16. The van der Waals surface area contributed by atoms with Gasteiger partial charge in [0.1, 0.15) is 17.7 Å². The zero-order chi connectivity index (χ0) is 21.8. The molecule has 4 heteroatoms. The summed E-state index contributed by atoms with van der Waals surface area (Å²) in [6, 6.07) is 25.5. The van der Waals surface area contributed by atoms with Crippen LogP contribution in [-0.4, -0.2) is 17.6 Å². The maximum atomic E-state index is 13.2. The average molecular weight is 425 g/mol. The van der Waals surface area contributed by atoms with Crippen LogP contribution in [0.25, 0.3) is 22.3 Å². The van der Waals surface area contributed by atoms with Crippen LogP contribution in [0.5, 0.6) is 5.75 Å². The summed E-state index contributed by atoms with van der Waals surface area (Å²) in [4.78, 5) is 4.35. The molecule has 160 valence electrons. The molecule has 0 spiro atoms. The van der Waals surface area contributed by atoms with E-state index in [4.69, 9.17) is 4.74 Å². The molecule has 0 radical (unpaired) electrons. The molecule has 1 unspecified atom stereocenters. The minimum Gasteiger partial charge on any atom is -0.489 e. The molecule has 32 heavy (non-hydrogen) atoms. The number of fused-ring (bicyclic) bond motifs is 1. The number of hydrogen-bond donors (Lipinski definition) is 1. The van der Waals surface area contributed by atoms with Gasteiger partial charge in [-0.25, -0.2) is 4.39 Å². The molecule has 0 amide bonds. The monoisotopic (exact) mass is 424 g/mol. The van der Waals surface area contributed by atoms with Gasteiger partial charge in [-0.05, 0) is 71.0 Å². The molecule has 0 saturated heterocycles. The highest BCUT2D eigenvalue weighted by molar-refractivity contribution is 5.66. The van der Waals surface area contributed by atoms with E-state index in [1.165, 1.54) is 28.8 Å². The van der Waals surface area contributed by atoms with E-state index in [-0.39, 0.29) is 11.9 Å². The number of halogens is 1. The molecule has 1 aliphatic heterocycles. The molecular formula is C28H25FN2O. The molecule has 3 nitrogen and oxygen atoms in total. The third kappa shape index (κ3) is 4.71. The Morgan fingerprint density at radius 3 is 2.47 bits per heavy atom. The lowest BCUT2D eigenvalue weighted by Crippen LogP contribution is -2.34. The first-order valence-corrected chi connectivity index (χ1v) is 11.0. The van der Waals surface area contributed by atoms with Gasteiger partial charge in [0, 0.05) is 31.0 Å². The number of benzene rings is 3. The number of rotatable bonds is 6. The first kappa shape index (κ1) is 20.4. The van der Waals surface area contributed by atoms with Crippen molar-refractivity contribution in [2.24, 2.45) is 0 Å². The maximum Gasteiger partial charge on any atom is 0.123 e. The molecule has 0 aliphatic carbocycles. The van der Waals surface area contributed by atoms with E-state index >= 15 is 0 Å². The summed E-state index contributed by atoms with van der Waals surface area (Å²) < 4.78 is 19.4. The molecule has 2 heterocycles. The zero-order valence-electron chi connectivity index (χ0n) is 17.8. The lowest BCUT2D eigenvalue weighted by atomic mass is 9.97. The molecule has 1 atom stereocenters. The van der Waals surface area contributed by atoms with Gasteiger partial charge in [-0.2, -0.15) is 0 Å². The molecule has 4 aromatic rings. The van der Waals surface area contributed by atoms with E-state index in [1.54, 1.807) is 12.1 Å².